The van der Waals surface area contributed by atoms with Crippen LogP contribution >= 0.6 is 11.6 Å². The van der Waals surface area contributed by atoms with Crippen molar-refractivity contribution in [3.05, 3.63) is 51.3 Å². The van der Waals surface area contributed by atoms with Gasteiger partial charge in [-0.05, 0) is 30.3 Å². The van der Waals surface area contributed by atoms with Crippen LogP contribution < -0.4 is 15.0 Å². The summed E-state index contributed by atoms with van der Waals surface area (Å²) < 4.78 is 11.0. The molecule has 8 heteroatoms. The van der Waals surface area contributed by atoms with Crippen molar-refractivity contribution in [3.8, 4) is 22.9 Å². The maximum Gasteiger partial charge on any atom is 0.335 e. The van der Waals surface area contributed by atoms with Crippen LogP contribution in [0.4, 0.5) is 0 Å². The van der Waals surface area contributed by atoms with Gasteiger partial charge in [-0.2, -0.15) is 0 Å². The van der Waals surface area contributed by atoms with E-state index in [-0.39, 0.29) is 22.5 Å². The zero-order valence-electron chi connectivity index (χ0n) is 12.7. The van der Waals surface area contributed by atoms with E-state index in [2.05, 4.69) is 9.97 Å². The molecule has 3 aromatic rings. The highest BCUT2D eigenvalue weighted by molar-refractivity contribution is 6.32. The average molecular weight is 359 g/mol. The molecule has 0 unspecified atom stereocenters. The normalized spacial score (nSPS) is 13.0. The number of aromatic carboxylic acids is 1. The number of carboxylic acids is 1. The number of ether oxygens (including phenoxy) is 2. The van der Waals surface area contributed by atoms with E-state index in [0.717, 1.165) is 0 Å². The molecule has 1 aliphatic heterocycles. The van der Waals surface area contributed by atoms with Gasteiger partial charge in [0.1, 0.15) is 19.0 Å². The van der Waals surface area contributed by atoms with Crippen molar-refractivity contribution in [2.24, 2.45) is 0 Å². The fourth-order valence-corrected chi connectivity index (χ4v) is 2.92. The van der Waals surface area contributed by atoms with E-state index in [4.69, 9.17) is 26.2 Å². The van der Waals surface area contributed by atoms with Crippen molar-refractivity contribution in [3.63, 3.8) is 0 Å². The quantitative estimate of drug-likeness (QED) is 0.730. The molecule has 2 aromatic carbocycles. The first-order valence-electron chi connectivity index (χ1n) is 7.40. The number of fused-ring (bicyclic) bond motifs is 2. The summed E-state index contributed by atoms with van der Waals surface area (Å²) in [6, 6.07) is 7.44. The Kier molecular flexibility index (Phi) is 3.58. The van der Waals surface area contributed by atoms with Gasteiger partial charge >= 0.3 is 5.97 Å². The zero-order chi connectivity index (χ0) is 17.6. The molecule has 1 aliphatic rings. The highest BCUT2D eigenvalue weighted by atomic mass is 35.5. The Morgan fingerprint density at radius 3 is 2.80 bits per heavy atom. The van der Waals surface area contributed by atoms with Gasteiger partial charge in [0.15, 0.2) is 11.5 Å². The smallest absolute Gasteiger partial charge is 0.335 e. The molecule has 0 aliphatic carbocycles. The highest BCUT2D eigenvalue weighted by Gasteiger charge is 2.18. The fourth-order valence-electron chi connectivity index (χ4n) is 2.66. The molecule has 126 valence electrons. The third kappa shape index (κ3) is 2.68. The first-order valence-corrected chi connectivity index (χ1v) is 7.77. The van der Waals surface area contributed by atoms with E-state index in [1.165, 1.54) is 18.2 Å². The molecule has 2 N–H and O–H groups in total. The summed E-state index contributed by atoms with van der Waals surface area (Å²) >= 11 is 6.22. The number of rotatable bonds is 2. The first kappa shape index (κ1) is 15.5. The average Bonchev–Trinajstić information content (AvgIpc) is 2.61. The number of halogens is 1. The number of carboxylic acid groups (broad SMARTS) is 1. The number of hydrogen-bond donors (Lipinski definition) is 2. The van der Waals surface area contributed by atoms with Crippen molar-refractivity contribution < 1.29 is 19.4 Å². The van der Waals surface area contributed by atoms with Crippen molar-refractivity contribution in [1.82, 2.24) is 9.97 Å². The summed E-state index contributed by atoms with van der Waals surface area (Å²) in [5, 5.41) is 9.75. The molecule has 4 rings (SSSR count). The Morgan fingerprint density at radius 1 is 1.20 bits per heavy atom. The van der Waals surface area contributed by atoms with Crippen LogP contribution in [0.5, 0.6) is 11.5 Å². The van der Waals surface area contributed by atoms with Crippen LogP contribution in [0.1, 0.15) is 10.4 Å². The van der Waals surface area contributed by atoms with Gasteiger partial charge in [-0.1, -0.05) is 11.6 Å². The zero-order valence-corrected chi connectivity index (χ0v) is 13.5. The summed E-state index contributed by atoms with van der Waals surface area (Å²) in [5.74, 6) is 0.0931. The van der Waals surface area contributed by atoms with Crippen LogP contribution in [0.25, 0.3) is 22.3 Å². The molecule has 0 amide bonds. The van der Waals surface area contributed by atoms with Crippen LogP contribution in [0.3, 0.4) is 0 Å². The summed E-state index contributed by atoms with van der Waals surface area (Å²) in [6.07, 6.45) is 0. The van der Waals surface area contributed by atoms with Crippen molar-refractivity contribution >= 4 is 28.5 Å². The summed E-state index contributed by atoms with van der Waals surface area (Å²) in [4.78, 5) is 30.5. The Balaban J connectivity index is 1.90. The Hall–Kier alpha value is -3.06. The van der Waals surface area contributed by atoms with E-state index in [1.54, 1.807) is 12.1 Å². The number of benzene rings is 2. The molecule has 7 nitrogen and oxygen atoms in total. The number of aromatic amines is 1. The number of nitrogens with one attached hydrogen (secondary N) is 1. The van der Waals surface area contributed by atoms with Gasteiger partial charge in [-0.15, -0.1) is 0 Å². The minimum absolute atomic E-state index is 0.0526. The molecule has 0 atom stereocenters. The predicted octanol–water partition coefficient (Wildman–Crippen LogP) is 2.71. The second-order valence-electron chi connectivity index (χ2n) is 5.43. The van der Waals surface area contributed by atoms with Crippen LogP contribution in [0.2, 0.25) is 5.02 Å². The van der Waals surface area contributed by atoms with Crippen LogP contribution in [-0.4, -0.2) is 34.3 Å². The molecule has 0 spiro atoms. The lowest BCUT2D eigenvalue weighted by Crippen LogP contribution is -2.16. The fraction of sp³-hybridized carbons (Fsp3) is 0.118. The molecular formula is C17H11ClN2O5. The van der Waals surface area contributed by atoms with Gasteiger partial charge in [0.2, 0.25) is 0 Å². The van der Waals surface area contributed by atoms with E-state index >= 15 is 0 Å². The van der Waals surface area contributed by atoms with Crippen LogP contribution in [0, 0.1) is 0 Å². The lowest BCUT2D eigenvalue weighted by atomic mass is 10.1. The Bertz CT molecular complexity index is 1080. The molecular weight excluding hydrogens is 348 g/mol. The maximum atomic E-state index is 12.3. The molecule has 0 radical (unpaired) electrons. The standard InChI is InChI=1S/C17H11ClN2O5/c18-11-5-9(7-13-14(11)25-4-3-24-13)15-19-12-6-8(17(22)23)1-2-10(12)16(21)20-15/h1-2,5-7H,3-4H2,(H,22,23)(H,19,20,21). The summed E-state index contributed by atoms with van der Waals surface area (Å²) in [7, 11) is 0. The van der Waals surface area contributed by atoms with Gasteiger partial charge in [0, 0.05) is 5.56 Å². The molecule has 0 fully saturated rings. The topological polar surface area (TPSA) is 102 Å². The molecule has 0 saturated carbocycles. The Morgan fingerprint density at radius 2 is 2.00 bits per heavy atom. The van der Waals surface area contributed by atoms with Crippen molar-refractivity contribution in [2.75, 3.05) is 13.2 Å². The maximum absolute atomic E-state index is 12.3. The minimum atomic E-state index is -1.09. The van der Waals surface area contributed by atoms with E-state index in [0.29, 0.717) is 40.7 Å². The van der Waals surface area contributed by atoms with Gasteiger partial charge in [0.25, 0.3) is 5.56 Å². The van der Waals surface area contributed by atoms with Crippen LogP contribution in [-0.2, 0) is 0 Å². The van der Waals surface area contributed by atoms with E-state index in [9.17, 15) is 9.59 Å². The molecule has 2 heterocycles. The predicted molar refractivity (Wildman–Crippen MR) is 90.8 cm³/mol. The third-order valence-corrected chi connectivity index (χ3v) is 4.10. The number of H-pyrrole nitrogens is 1. The summed E-state index contributed by atoms with van der Waals surface area (Å²) in [5.41, 5.74) is 0.498. The lowest BCUT2D eigenvalue weighted by Gasteiger charge is -2.20. The number of nitrogens with zero attached hydrogens (tertiary/aromatic N) is 1. The van der Waals surface area contributed by atoms with Crippen LogP contribution in [0.15, 0.2) is 35.1 Å². The van der Waals surface area contributed by atoms with E-state index < -0.39 is 5.97 Å². The van der Waals surface area contributed by atoms with E-state index in [1.807, 2.05) is 0 Å². The van der Waals surface area contributed by atoms with Gasteiger partial charge in [-0.3, -0.25) is 4.79 Å². The van der Waals surface area contributed by atoms with Gasteiger partial charge < -0.3 is 19.6 Å². The first-order chi connectivity index (χ1) is 12.0. The second kappa shape index (κ2) is 5.78. The largest absolute Gasteiger partial charge is 0.486 e. The number of aromatic nitrogens is 2. The number of hydrogen-bond acceptors (Lipinski definition) is 5. The van der Waals surface area contributed by atoms with Gasteiger partial charge in [0.05, 0.1) is 21.5 Å². The number of carbonyl (C=O) groups is 1. The summed E-state index contributed by atoms with van der Waals surface area (Å²) in [6.45, 7) is 0.811. The van der Waals surface area contributed by atoms with Crippen molar-refractivity contribution in [1.29, 1.82) is 0 Å². The monoisotopic (exact) mass is 358 g/mol. The molecule has 0 saturated heterocycles. The third-order valence-electron chi connectivity index (χ3n) is 3.82. The molecule has 25 heavy (non-hydrogen) atoms. The second-order valence-corrected chi connectivity index (χ2v) is 5.84. The lowest BCUT2D eigenvalue weighted by molar-refractivity contribution is 0.0697. The minimum Gasteiger partial charge on any atom is -0.486 e. The molecule has 0 bridgehead atoms. The van der Waals surface area contributed by atoms with Crippen molar-refractivity contribution in [2.45, 2.75) is 0 Å². The van der Waals surface area contributed by atoms with Gasteiger partial charge in [-0.25, -0.2) is 9.78 Å². The SMILES string of the molecule is O=C(O)c1ccc2c(=O)[nH]c(-c3cc(Cl)c4c(c3)OCCO4)nc2c1. The highest BCUT2D eigenvalue weighted by Crippen LogP contribution is 2.40. The molecule has 1 aromatic heterocycles. The Labute approximate surface area is 145 Å².